The van der Waals surface area contributed by atoms with E-state index < -0.39 is 21.8 Å². The van der Waals surface area contributed by atoms with Crippen molar-refractivity contribution < 1.29 is 31.2 Å². The van der Waals surface area contributed by atoms with Crippen LogP contribution in [0.2, 0.25) is 0 Å². The summed E-state index contributed by atoms with van der Waals surface area (Å²) in [7, 11) is -1.76. The Balaban J connectivity index is 1.19. The first kappa shape index (κ1) is 37.1. The number of piperidine rings is 1. The molecule has 1 aromatic carbocycles. The third kappa shape index (κ3) is 8.53. The summed E-state index contributed by atoms with van der Waals surface area (Å²) in [6.45, 7) is 4.56. The van der Waals surface area contributed by atoms with Gasteiger partial charge in [0.05, 0.1) is 23.3 Å². The minimum absolute atomic E-state index is 0.0431. The van der Waals surface area contributed by atoms with Crippen LogP contribution in [0.5, 0.6) is 0 Å². The number of sulfonamides is 1. The molecule has 1 aliphatic carbocycles. The van der Waals surface area contributed by atoms with Crippen LogP contribution in [0.25, 0.3) is 11.3 Å². The lowest BCUT2D eigenvalue weighted by atomic mass is 9.94. The molecule has 0 atom stereocenters. The first-order chi connectivity index (χ1) is 23.8. The summed E-state index contributed by atoms with van der Waals surface area (Å²) in [5.74, 6) is -0.0363. The molecule has 0 radical (unpaired) electrons. The van der Waals surface area contributed by atoms with E-state index in [2.05, 4.69) is 4.90 Å². The molecule has 3 fully saturated rings. The van der Waals surface area contributed by atoms with Crippen molar-refractivity contribution in [2.24, 2.45) is 0 Å². The standard InChI is InChI=1S/C35H49F3N6O4S2/c1-40(26-8-4-3-5-9-26)33(46)24-49-31-22-25(11-12-29(31)35(36,37)38)34-28-23-42(50(2,47)48)21-15-30(28)44(39-34)18-7-16-41-19-13-27(14-20-41)43-17-6-10-32(43)45/h11-12,22,26-27H,3-10,13-21,23-24H2,1-2H3. The van der Waals surface area contributed by atoms with Crippen molar-refractivity contribution in [2.45, 2.75) is 107 Å². The van der Waals surface area contributed by atoms with E-state index in [9.17, 15) is 31.2 Å². The highest BCUT2D eigenvalue weighted by molar-refractivity contribution is 8.00. The molecule has 0 bridgehead atoms. The fourth-order valence-corrected chi connectivity index (χ4v) is 9.88. The van der Waals surface area contributed by atoms with Gasteiger partial charge in [-0.1, -0.05) is 25.3 Å². The smallest absolute Gasteiger partial charge is 0.342 e. The zero-order chi connectivity index (χ0) is 35.6. The van der Waals surface area contributed by atoms with Crippen LogP contribution in [0, 0.1) is 0 Å². The number of rotatable bonds is 11. The van der Waals surface area contributed by atoms with Crippen molar-refractivity contribution in [3.05, 3.63) is 35.0 Å². The molecule has 2 saturated heterocycles. The lowest BCUT2D eigenvalue weighted by molar-refractivity contribution is -0.139. The van der Waals surface area contributed by atoms with E-state index in [0.29, 0.717) is 48.8 Å². The Morgan fingerprint density at radius 1 is 1.00 bits per heavy atom. The summed E-state index contributed by atoms with van der Waals surface area (Å²) in [6, 6.07) is 4.36. The van der Waals surface area contributed by atoms with E-state index in [4.69, 9.17) is 5.10 Å². The van der Waals surface area contributed by atoms with Crippen molar-refractivity contribution in [2.75, 3.05) is 51.8 Å². The monoisotopic (exact) mass is 738 g/mol. The van der Waals surface area contributed by atoms with Crippen molar-refractivity contribution >= 4 is 33.6 Å². The molecule has 15 heteroatoms. The number of halogens is 3. The number of alkyl halides is 3. The molecule has 276 valence electrons. The molecule has 10 nitrogen and oxygen atoms in total. The number of nitrogens with zero attached hydrogens (tertiary/aromatic N) is 6. The third-order valence-electron chi connectivity index (χ3n) is 10.9. The number of benzene rings is 1. The highest BCUT2D eigenvalue weighted by atomic mass is 32.2. The zero-order valence-corrected chi connectivity index (χ0v) is 30.7. The van der Waals surface area contributed by atoms with Crippen LogP contribution in [0.1, 0.15) is 81.0 Å². The summed E-state index contributed by atoms with van der Waals surface area (Å²) in [5.41, 5.74) is 1.76. The van der Waals surface area contributed by atoms with Gasteiger partial charge < -0.3 is 14.7 Å². The van der Waals surface area contributed by atoms with Gasteiger partial charge in [0, 0.05) is 93.0 Å². The molecule has 4 heterocycles. The van der Waals surface area contributed by atoms with E-state index in [1.54, 1.807) is 11.9 Å². The van der Waals surface area contributed by atoms with Crippen molar-refractivity contribution in [1.29, 1.82) is 0 Å². The molecule has 4 aliphatic rings. The number of aryl methyl sites for hydroxylation is 1. The molecule has 1 aromatic heterocycles. The van der Waals surface area contributed by atoms with Gasteiger partial charge in [-0.3, -0.25) is 14.3 Å². The van der Waals surface area contributed by atoms with Crippen LogP contribution in [0.15, 0.2) is 23.1 Å². The van der Waals surface area contributed by atoms with Gasteiger partial charge in [-0.25, -0.2) is 8.42 Å². The number of amides is 2. The number of carbonyl (C=O) groups excluding carboxylic acids is 2. The molecule has 0 unspecified atom stereocenters. The van der Waals surface area contributed by atoms with Crippen molar-refractivity contribution in [1.82, 2.24) is 28.8 Å². The van der Waals surface area contributed by atoms with Gasteiger partial charge in [-0.05, 0) is 57.2 Å². The Labute approximate surface area is 297 Å². The highest BCUT2D eigenvalue weighted by Crippen LogP contribution is 2.40. The highest BCUT2D eigenvalue weighted by Gasteiger charge is 2.36. The van der Waals surface area contributed by atoms with Gasteiger partial charge in [0.1, 0.15) is 0 Å². The summed E-state index contributed by atoms with van der Waals surface area (Å²) in [6.07, 6.45) is 6.40. The maximum absolute atomic E-state index is 14.2. The average molecular weight is 739 g/mol. The third-order valence-corrected chi connectivity index (χ3v) is 13.2. The van der Waals surface area contributed by atoms with Crippen LogP contribution >= 0.6 is 11.8 Å². The molecule has 6 rings (SSSR count). The lowest BCUT2D eigenvalue weighted by Crippen LogP contribution is -2.45. The summed E-state index contributed by atoms with van der Waals surface area (Å²) < 4.78 is 71.0. The predicted octanol–water partition coefficient (Wildman–Crippen LogP) is 5.25. The fourth-order valence-electron chi connectivity index (χ4n) is 8.06. The van der Waals surface area contributed by atoms with Crippen molar-refractivity contribution in [3.63, 3.8) is 0 Å². The van der Waals surface area contributed by atoms with Crippen LogP contribution in [0.4, 0.5) is 13.2 Å². The predicted molar refractivity (Wildman–Crippen MR) is 187 cm³/mol. The molecule has 2 aromatic rings. The van der Waals surface area contributed by atoms with Gasteiger partial charge in [-0.15, -0.1) is 11.8 Å². The minimum Gasteiger partial charge on any atom is -0.342 e. The number of likely N-dealkylation sites (tertiary alicyclic amines) is 2. The largest absolute Gasteiger partial charge is 0.417 e. The first-order valence-corrected chi connectivity index (χ1v) is 20.8. The zero-order valence-electron chi connectivity index (χ0n) is 29.1. The Kier molecular flexibility index (Phi) is 11.6. The van der Waals surface area contributed by atoms with Gasteiger partial charge in [0.2, 0.25) is 21.8 Å². The molecule has 3 aliphatic heterocycles. The molecule has 0 spiro atoms. The maximum atomic E-state index is 14.2. The maximum Gasteiger partial charge on any atom is 0.417 e. The number of carbonyl (C=O) groups is 2. The van der Waals surface area contributed by atoms with Crippen LogP contribution < -0.4 is 0 Å². The molecule has 1 saturated carbocycles. The molecular formula is C35H49F3N6O4S2. The fraction of sp³-hybridized carbons (Fsp3) is 0.686. The Hall–Kier alpha value is -2.62. The van der Waals surface area contributed by atoms with Crippen LogP contribution in [0.3, 0.4) is 0 Å². The lowest BCUT2D eigenvalue weighted by Gasteiger charge is -2.36. The average Bonchev–Trinajstić information content (AvgIpc) is 3.69. The van der Waals surface area contributed by atoms with E-state index in [0.717, 1.165) is 107 Å². The number of hydrogen-bond acceptors (Lipinski definition) is 7. The topological polar surface area (TPSA) is 99.1 Å². The summed E-state index contributed by atoms with van der Waals surface area (Å²) >= 11 is 0.891. The van der Waals surface area contributed by atoms with Crippen LogP contribution in [-0.4, -0.2) is 113 Å². The summed E-state index contributed by atoms with van der Waals surface area (Å²) in [4.78, 5) is 31.4. The number of thioether (sulfide) groups is 1. The normalized spacial score (nSPS) is 20.4. The first-order valence-electron chi connectivity index (χ1n) is 17.9. The molecule has 50 heavy (non-hydrogen) atoms. The molecule has 0 N–H and O–H groups in total. The van der Waals surface area contributed by atoms with E-state index >= 15 is 0 Å². The summed E-state index contributed by atoms with van der Waals surface area (Å²) in [5, 5.41) is 4.92. The Morgan fingerprint density at radius 3 is 2.40 bits per heavy atom. The number of aromatic nitrogens is 2. The molecule has 2 amide bonds. The van der Waals surface area contributed by atoms with E-state index in [1.807, 2.05) is 9.58 Å². The quantitative estimate of drug-likeness (QED) is 0.291. The van der Waals surface area contributed by atoms with E-state index in [-0.39, 0.29) is 35.0 Å². The van der Waals surface area contributed by atoms with Crippen LogP contribution in [-0.2, 0) is 45.3 Å². The Bertz CT molecular complexity index is 1650. The van der Waals surface area contributed by atoms with Gasteiger partial charge in [0.25, 0.3) is 0 Å². The second-order valence-corrected chi connectivity index (χ2v) is 17.3. The van der Waals surface area contributed by atoms with Crippen molar-refractivity contribution in [3.8, 4) is 11.3 Å². The van der Waals surface area contributed by atoms with Gasteiger partial charge >= 0.3 is 6.18 Å². The number of fused-ring (bicyclic) bond motifs is 1. The van der Waals surface area contributed by atoms with Gasteiger partial charge in [0.15, 0.2) is 0 Å². The SMILES string of the molecule is CN(C(=O)CSc1cc(-c2nn(CCCN3CCC(N4CCCC4=O)CC3)c3c2CN(S(C)(=O)=O)CC3)ccc1C(F)(F)F)C1CCCCC1. The van der Waals surface area contributed by atoms with E-state index in [1.165, 1.54) is 22.7 Å². The second kappa shape index (κ2) is 15.5. The molecular weight excluding hydrogens is 690 g/mol. The second-order valence-electron chi connectivity index (χ2n) is 14.3. The number of hydrogen-bond donors (Lipinski definition) is 0. The Morgan fingerprint density at radius 2 is 1.74 bits per heavy atom. The van der Waals surface area contributed by atoms with Gasteiger partial charge in [-0.2, -0.15) is 22.6 Å². The minimum atomic E-state index is -4.61.